The van der Waals surface area contributed by atoms with Crippen LogP contribution in [0.4, 0.5) is 0 Å². The number of nitrogens with one attached hydrogen (secondary N) is 1. The zero-order valence-corrected chi connectivity index (χ0v) is 27.7. The second-order valence-electron chi connectivity index (χ2n) is 9.34. The number of carbonyl (C=O) groups is 1. The first kappa shape index (κ1) is 35.5. The van der Waals surface area contributed by atoms with Crippen LogP contribution in [0, 0.1) is 0 Å². The number of hydrogen-bond acceptors (Lipinski definition) is 5. The van der Waals surface area contributed by atoms with Crippen LogP contribution in [-0.2, 0) is 24.2 Å². The van der Waals surface area contributed by atoms with Gasteiger partial charge in [0.25, 0.3) is 0 Å². The van der Waals surface area contributed by atoms with Gasteiger partial charge in [-0.15, -0.1) is 13.2 Å². The molecule has 0 saturated carbocycles. The van der Waals surface area contributed by atoms with Crippen molar-refractivity contribution in [3.63, 3.8) is 0 Å². The summed E-state index contributed by atoms with van der Waals surface area (Å²) in [6, 6.07) is 25.1. The van der Waals surface area contributed by atoms with Crippen LogP contribution >= 0.6 is 46.4 Å². The summed E-state index contributed by atoms with van der Waals surface area (Å²) in [5.41, 5.74) is 1.57. The number of benzene rings is 4. The molecule has 11 heteroatoms. The Balaban J connectivity index is 0.000000239. The maximum Gasteiger partial charge on any atom is 0.343 e. The Morgan fingerprint density at radius 3 is 1.71 bits per heavy atom. The molecule has 0 atom stereocenters. The van der Waals surface area contributed by atoms with E-state index in [2.05, 4.69) is 23.4 Å². The van der Waals surface area contributed by atoms with Gasteiger partial charge in [-0.2, -0.15) is 5.10 Å². The first-order valence-corrected chi connectivity index (χ1v) is 15.2. The van der Waals surface area contributed by atoms with Crippen LogP contribution in [0.2, 0.25) is 20.1 Å². The van der Waals surface area contributed by atoms with E-state index in [-0.39, 0.29) is 11.5 Å². The van der Waals surface area contributed by atoms with Gasteiger partial charge in [0.15, 0.2) is 0 Å². The van der Waals surface area contributed by atoms with Gasteiger partial charge in [0.05, 0.1) is 20.1 Å². The lowest BCUT2D eigenvalue weighted by Gasteiger charge is -2.11. The number of aromatic nitrogens is 3. The van der Waals surface area contributed by atoms with E-state index >= 15 is 0 Å². The Morgan fingerprint density at radius 2 is 1.22 bits per heavy atom. The van der Waals surface area contributed by atoms with Gasteiger partial charge in [-0.1, -0.05) is 82.8 Å². The number of ketones is 1. The monoisotopic (exact) mass is 685 g/mol. The maximum absolute atomic E-state index is 11.6. The van der Waals surface area contributed by atoms with Crippen LogP contribution in [0.15, 0.2) is 103 Å². The summed E-state index contributed by atoms with van der Waals surface area (Å²) in [6.45, 7) is 10.00. The van der Waals surface area contributed by atoms with Crippen molar-refractivity contribution in [2.45, 2.75) is 33.2 Å². The zero-order chi connectivity index (χ0) is 32.9. The van der Waals surface area contributed by atoms with E-state index in [0.29, 0.717) is 68.3 Å². The molecule has 7 nitrogen and oxygen atoms in total. The maximum atomic E-state index is 11.6. The highest BCUT2D eigenvalue weighted by Gasteiger charge is 2.12. The minimum atomic E-state index is -0.214. The molecule has 5 rings (SSSR count). The van der Waals surface area contributed by atoms with E-state index in [0.717, 1.165) is 11.1 Å². The molecule has 0 spiro atoms. The van der Waals surface area contributed by atoms with Crippen molar-refractivity contribution in [2.75, 3.05) is 0 Å². The van der Waals surface area contributed by atoms with Crippen molar-refractivity contribution >= 4 is 52.2 Å². The summed E-state index contributed by atoms with van der Waals surface area (Å²) >= 11 is 24.4. The predicted molar refractivity (Wildman–Crippen MR) is 183 cm³/mol. The average molecular weight is 687 g/mol. The second-order valence-corrected chi connectivity index (χ2v) is 11.0. The lowest BCUT2D eigenvalue weighted by atomic mass is 10.1. The molecule has 0 fully saturated rings. The SMILES string of the molecule is C=C.CC(=O)Cc1ccc(Cl)c(Oc2ccccc2Cl)c1.CCn1c(Cc2ccc(Cl)c(Oc3ccccc3Cl)c2)n[nH]c1=O. The molecule has 0 aliphatic carbocycles. The van der Waals surface area contributed by atoms with Crippen molar-refractivity contribution in [2.24, 2.45) is 0 Å². The Morgan fingerprint density at radius 1 is 0.756 bits per heavy atom. The minimum absolute atomic E-state index is 0.0889. The molecule has 0 radical (unpaired) electrons. The van der Waals surface area contributed by atoms with Crippen LogP contribution in [0.5, 0.6) is 23.0 Å². The van der Waals surface area contributed by atoms with Crippen LogP contribution < -0.4 is 15.2 Å². The van der Waals surface area contributed by atoms with Crippen molar-refractivity contribution in [3.8, 4) is 23.0 Å². The van der Waals surface area contributed by atoms with E-state index in [9.17, 15) is 9.59 Å². The molecule has 0 aliphatic heterocycles. The lowest BCUT2D eigenvalue weighted by Crippen LogP contribution is -2.17. The minimum Gasteiger partial charge on any atom is -0.454 e. The van der Waals surface area contributed by atoms with E-state index < -0.39 is 0 Å². The zero-order valence-electron chi connectivity index (χ0n) is 24.7. The molecule has 0 saturated heterocycles. The van der Waals surface area contributed by atoms with Crippen LogP contribution in [0.3, 0.4) is 0 Å². The van der Waals surface area contributed by atoms with Gasteiger partial charge in [-0.3, -0.25) is 9.36 Å². The summed E-state index contributed by atoms with van der Waals surface area (Å²) in [5.74, 6) is 2.81. The van der Waals surface area contributed by atoms with Crippen molar-refractivity contribution in [1.29, 1.82) is 0 Å². The summed E-state index contributed by atoms with van der Waals surface area (Å²) < 4.78 is 13.1. The molecule has 234 valence electrons. The average Bonchev–Trinajstić information content (AvgIpc) is 3.38. The van der Waals surface area contributed by atoms with Gasteiger partial charge in [0.2, 0.25) is 0 Å². The topological polar surface area (TPSA) is 86.2 Å². The fraction of sp³-hybridized carbons (Fsp3) is 0.147. The van der Waals surface area contributed by atoms with Gasteiger partial charge in [-0.25, -0.2) is 9.89 Å². The fourth-order valence-corrected chi connectivity index (χ4v) is 4.71. The summed E-state index contributed by atoms with van der Waals surface area (Å²) in [7, 11) is 0. The third-order valence-corrected chi connectivity index (χ3v) is 7.32. The highest BCUT2D eigenvalue weighted by molar-refractivity contribution is 6.33. The Kier molecular flexibility index (Phi) is 13.8. The second kappa shape index (κ2) is 17.5. The standard InChI is InChI=1S/C17H15Cl2N3O2.C15H12Cl2O2.C2H4/c1-2-22-16(20-21-17(22)23)10-11-7-8-13(19)15(9-11)24-14-6-4-3-5-12(14)18;1-10(18)8-11-6-7-13(17)15(9-11)19-14-5-3-2-4-12(14)16;1-2/h3-9H,2,10H2,1H3,(H,21,23);2-7,9H,8H2,1H3;1-2H2. The van der Waals surface area contributed by atoms with Gasteiger partial charge in [-0.05, 0) is 73.5 Å². The Hall–Kier alpha value is -4.01. The van der Waals surface area contributed by atoms with Gasteiger partial charge in [0, 0.05) is 19.4 Å². The van der Waals surface area contributed by atoms with Crippen LogP contribution in [-0.4, -0.2) is 20.5 Å². The number of H-pyrrole nitrogens is 1. The number of ether oxygens (including phenoxy) is 2. The van der Waals surface area contributed by atoms with Gasteiger partial charge in [0.1, 0.15) is 34.6 Å². The highest BCUT2D eigenvalue weighted by Crippen LogP contribution is 2.35. The number of carbonyl (C=O) groups excluding carboxylic acids is 1. The van der Waals surface area contributed by atoms with Crippen molar-refractivity contribution in [3.05, 3.63) is 146 Å². The summed E-state index contributed by atoms with van der Waals surface area (Å²) in [6.07, 6.45) is 0.846. The molecule has 0 amide bonds. The molecule has 45 heavy (non-hydrogen) atoms. The van der Waals surface area contributed by atoms with Crippen LogP contribution in [0.1, 0.15) is 30.8 Å². The molecule has 1 heterocycles. The third-order valence-electron chi connectivity index (χ3n) is 6.07. The number of rotatable bonds is 9. The van der Waals surface area contributed by atoms with Gasteiger partial charge < -0.3 is 9.47 Å². The number of halogens is 4. The number of Topliss-reactive ketones (excluding diaryl/α,β-unsaturated/α-hetero) is 1. The highest BCUT2D eigenvalue weighted by atomic mass is 35.5. The largest absolute Gasteiger partial charge is 0.454 e. The van der Waals surface area contributed by atoms with E-state index in [1.807, 2.05) is 49.4 Å². The fourth-order valence-electron chi connectivity index (χ4n) is 4.05. The first-order chi connectivity index (χ1) is 21.6. The molecule has 4 aromatic carbocycles. The summed E-state index contributed by atoms with van der Waals surface area (Å²) in [4.78, 5) is 22.8. The normalized spacial score (nSPS) is 10.2. The van der Waals surface area contributed by atoms with Crippen LogP contribution in [0.25, 0.3) is 0 Å². The number of aromatic amines is 1. The molecule has 0 bridgehead atoms. The van der Waals surface area contributed by atoms with Crippen molar-refractivity contribution in [1.82, 2.24) is 14.8 Å². The molecule has 0 aliphatic rings. The molecule has 1 aromatic heterocycles. The molecule has 5 aromatic rings. The van der Waals surface area contributed by atoms with E-state index in [1.165, 1.54) is 0 Å². The molecule has 1 N–H and O–H groups in total. The smallest absolute Gasteiger partial charge is 0.343 e. The Labute approximate surface area is 281 Å². The summed E-state index contributed by atoms with van der Waals surface area (Å²) in [5, 5.41) is 8.50. The van der Waals surface area contributed by atoms with Gasteiger partial charge >= 0.3 is 5.69 Å². The number of hydrogen-bond donors (Lipinski definition) is 1. The lowest BCUT2D eigenvalue weighted by molar-refractivity contribution is -0.116. The predicted octanol–water partition coefficient (Wildman–Crippen LogP) is 10.0. The molecular formula is C34H31Cl4N3O4. The molecular weight excluding hydrogens is 656 g/mol. The van der Waals surface area contributed by atoms with E-state index in [4.69, 9.17) is 55.9 Å². The van der Waals surface area contributed by atoms with Crippen molar-refractivity contribution < 1.29 is 14.3 Å². The Bertz CT molecular complexity index is 1800. The van der Waals surface area contributed by atoms with E-state index in [1.54, 1.807) is 54.0 Å². The third kappa shape index (κ3) is 10.3. The quantitative estimate of drug-likeness (QED) is 0.156. The first-order valence-electron chi connectivity index (χ1n) is 13.7. The number of nitrogens with zero attached hydrogens (tertiary/aromatic N) is 2. The molecule has 0 unspecified atom stereocenters. The number of para-hydroxylation sites is 2.